The second kappa shape index (κ2) is 17.1. The van der Waals surface area contributed by atoms with Crippen LogP contribution in [0.15, 0.2) is 42.5 Å². The van der Waals surface area contributed by atoms with Crippen LogP contribution in [0.3, 0.4) is 0 Å². The second-order valence-electron chi connectivity index (χ2n) is 16.5. The molecule has 10 nitrogen and oxygen atoms in total. The van der Waals surface area contributed by atoms with E-state index < -0.39 is 41.0 Å². The van der Waals surface area contributed by atoms with E-state index in [1.807, 2.05) is 78.0 Å². The van der Waals surface area contributed by atoms with Crippen molar-refractivity contribution in [2.75, 3.05) is 6.54 Å². The van der Waals surface area contributed by atoms with Crippen molar-refractivity contribution < 1.29 is 24.4 Å². The molecule has 0 radical (unpaired) electrons. The quantitative estimate of drug-likeness (QED) is 0.199. The summed E-state index contributed by atoms with van der Waals surface area (Å²) >= 11 is 0. The number of amides is 4. The van der Waals surface area contributed by atoms with Crippen molar-refractivity contribution in [1.29, 1.82) is 0 Å². The maximum atomic E-state index is 14.1. The normalized spacial score (nSPS) is 22.1. The Morgan fingerprint density at radius 1 is 0.898 bits per heavy atom. The minimum atomic E-state index is -0.882. The number of hydroxylamine groups is 2. The van der Waals surface area contributed by atoms with Gasteiger partial charge < -0.3 is 26.1 Å². The van der Waals surface area contributed by atoms with Crippen molar-refractivity contribution in [3.8, 4) is 0 Å². The van der Waals surface area contributed by atoms with Gasteiger partial charge in [0.1, 0.15) is 18.1 Å². The van der Waals surface area contributed by atoms with Crippen LogP contribution in [0.5, 0.6) is 0 Å². The van der Waals surface area contributed by atoms with Crippen LogP contribution in [-0.2, 0) is 25.6 Å². The second-order valence-corrected chi connectivity index (χ2v) is 16.5. The lowest BCUT2D eigenvalue weighted by Crippen LogP contribution is -2.64. The summed E-state index contributed by atoms with van der Waals surface area (Å²) in [6, 6.07) is 7.37. The van der Waals surface area contributed by atoms with Crippen LogP contribution in [0.25, 0.3) is 0 Å². The van der Waals surface area contributed by atoms with Crippen LogP contribution in [-0.4, -0.2) is 80.6 Å². The lowest BCUT2D eigenvalue weighted by molar-refractivity contribution is -0.246. The number of nitrogens with zero attached hydrogens (tertiary/aromatic N) is 2. The van der Waals surface area contributed by atoms with Gasteiger partial charge in [-0.1, -0.05) is 77.1 Å². The molecule has 0 aromatic heterocycles. The molecular weight excluding hydrogens is 618 g/mol. The van der Waals surface area contributed by atoms with E-state index in [4.69, 9.17) is 0 Å². The third-order valence-electron chi connectivity index (χ3n) is 9.95. The summed E-state index contributed by atoms with van der Waals surface area (Å²) in [7, 11) is 0. The van der Waals surface area contributed by atoms with Gasteiger partial charge in [0.25, 0.3) is 0 Å². The van der Waals surface area contributed by atoms with Crippen molar-refractivity contribution in [3.63, 3.8) is 0 Å². The van der Waals surface area contributed by atoms with Gasteiger partial charge in [-0.2, -0.15) is 5.06 Å². The van der Waals surface area contributed by atoms with Crippen LogP contribution in [0.2, 0.25) is 0 Å². The van der Waals surface area contributed by atoms with Crippen LogP contribution >= 0.6 is 0 Å². The molecule has 2 aliphatic heterocycles. The molecule has 1 aromatic rings. The van der Waals surface area contributed by atoms with Gasteiger partial charge in [-0.3, -0.25) is 19.2 Å². The first-order chi connectivity index (χ1) is 22.8. The zero-order valence-electron chi connectivity index (χ0n) is 31.6. The molecule has 2 aliphatic rings. The Kier molecular flexibility index (Phi) is 14.0. The van der Waals surface area contributed by atoms with Crippen molar-refractivity contribution >= 4 is 23.6 Å². The molecule has 4 amide bonds. The Hall–Kier alpha value is -3.24. The number of nitrogens with one attached hydrogen (secondary N) is 3. The molecule has 0 bridgehead atoms. The highest BCUT2D eigenvalue weighted by atomic mass is 16.5. The van der Waals surface area contributed by atoms with E-state index in [1.54, 1.807) is 11.8 Å². The van der Waals surface area contributed by atoms with E-state index in [0.29, 0.717) is 50.5 Å². The standard InChI is InChI=1S/C39H63N5O5/c1-25(2)21-27(5)18-19-30(22-29-15-12-11-13-16-29)37(48)43-20-14-17-32(43)35(46)42-33(26(3)4)36(47)40-28(6)34(45)41-31-23-38(7,8)44(49)39(9,10)24-31/h11-13,15-16,18-19,25-28,30-33,49H,14,17,20-24H2,1-10H3,(H,40,47)(H,41,45)(H,42,46)/b19-18+/t27-,28+,30-,32-,33+/m1/s1. The molecule has 5 atom stereocenters. The highest BCUT2D eigenvalue weighted by molar-refractivity contribution is 5.95. The van der Waals surface area contributed by atoms with Crippen LogP contribution in [0.4, 0.5) is 0 Å². The van der Waals surface area contributed by atoms with Crippen molar-refractivity contribution in [2.45, 2.75) is 143 Å². The Labute approximate surface area is 294 Å². The van der Waals surface area contributed by atoms with Crippen LogP contribution < -0.4 is 16.0 Å². The van der Waals surface area contributed by atoms with E-state index in [-0.39, 0.29) is 29.7 Å². The third kappa shape index (κ3) is 11.1. The third-order valence-corrected chi connectivity index (χ3v) is 9.95. The molecule has 0 saturated carbocycles. The number of hydrogen-bond donors (Lipinski definition) is 4. The highest BCUT2D eigenvalue weighted by Crippen LogP contribution is 2.36. The average molecular weight is 682 g/mol. The Morgan fingerprint density at radius 2 is 1.51 bits per heavy atom. The first kappa shape index (κ1) is 40.2. The molecule has 10 heteroatoms. The van der Waals surface area contributed by atoms with Gasteiger partial charge in [0.2, 0.25) is 23.6 Å². The molecule has 4 N–H and O–H groups in total. The first-order valence-corrected chi connectivity index (χ1v) is 18.3. The number of allylic oxidation sites excluding steroid dienone is 1. The minimum Gasteiger partial charge on any atom is -0.351 e. The fourth-order valence-electron chi connectivity index (χ4n) is 7.62. The Balaban J connectivity index is 1.68. The number of piperidine rings is 1. The lowest BCUT2D eigenvalue weighted by Gasteiger charge is -2.51. The van der Waals surface area contributed by atoms with Crippen LogP contribution in [0.1, 0.15) is 107 Å². The SMILES string of the molecule is CC(C)C[C@H](C)/C=C/[C@H](Cc1ccccc1)C(=O)N1CCC[C@@H]1C(=O)N[C@H](C(=O)N[C@@H](C)C(=O)NC1CC(C)(C)N(O)C(C)(C)C1)C(C)C. The minimum absolute atomic E-state index is 0.0799. The summed E-state index contributed by atoms with van der Waals surface area (Å²) < 4.78 is 0. The van der Waals surface area contributed by atoms with E-state index in [9.17, 15) is 24.4 Å². The maximum Gasteiger partial charge on any atom is 0.243 e. The van der Waals surface area contributed by atoms with Gasteiger partial charge in [0, 0.05) is 23.7 Å². The molecule has 0 spiro atoms. The topological polar surface area (TPSA) is 131 Å². The number of carbonyl (C=O) groups excluding carboxylic acids is 4. The predicted molar refractivity (Wildman–Crippen MR) is 193 cm³/mol. The number of hydrogen-bond acceptors (Lipinski definition) is 6. The summed E-state index contributed by atoms with van der Waals surface area (Å²) in [5.74, 6) is -0.994. The summed E-state index contributed by atoms with van der Waals surface area (Å²) in [6.45, 7) is 20.1. The zero-order chi connectivity index (χ0) is 36.7. The fourth-order valence-corrected chi connectivity index (χ4v) is 7.62. The Bertz CT molecular complexity index is 1290. The summed E-state index contributed by atoms with van der Waals surface area (Å²) in [4.78, 5) is 56.3. The largest absolute Gasteiger partial charge is 0.351 e. The smallest absolute Gasteiger partial charge is 0.243 e. The van der Waals surface area contributed by atoms with Gasteiger partial charge >= 0.3 is 0 Å². The average Bonchev–Trinajstić information content (AvgIpc) is 3.50. The van der Waals surface area contributed by atoms with Crippen LogP contribution in [0, 0.1) is 23.7 Å². The van der Waals surface area contributed by atoms with E-state index in [0.717, 1.165) is 12.0 Å². The molecule has 274 valence electrons. The first-order valence-electron chi connectivity index (χ1n) is 18.3. The van der Waals surface area contributed by atoms with Crippen molar-refractivity contribution in [2.24, 2.45) is 23.7 Å². The Morgan fingerprint density at radius 3 is 2.08 bits per heavy atom. The molecule has 2 heterocycles. The lowest BCUT2D eigenvalue weighted by atomic mass is 9.79. The fraction of sp³-hybridized carbons (Fsp3) is 0.692. The maximum absolute atomic E-state index is 14.1. The number of rotatable bonds is 14. The summed E-state index contributed by atoms with van der Waals surface area (Å²) in [5, 5.41) is 20.8. The monoisotopic (exact) mass is 681 g/mol. The predicted octanol–water partition coefficient (Wildman–Crippen LogP) is 5.25. The molecule has 0 aliphatic carbocycles. The van der Waals surface area contributed by atoms with E-state index in [2.05, 4.69) is 42.8 Å². The molecule has 0 unspecified atom stereocenters. The molecule has 2 saturated heterocycles. The van der Waals surface area contributed by atoms with E-state index >= 15 is 0 Å². The zero-order valence-corrected chi connectivity index (χ0v) is 31.6. The van der Waals surface area contributed by atoms with E-state index in [1.165, 1.54) is 5.06 Å². The summed E-state index contributed by atoms with van der Waals surface area (Å²) in [5.41, 5.74) is 0.000457. The highest BCUT2D eigenvalue weighted by Gasteiger charge is 2.46. The van der Waals surface area contributed by atoms with Gasteiger partial charge in [-0.15, -0.1) is 0 Å². The number of likely N-dealkylation sites (tertiary alicyclic amines) is 1. The van der Waals surface area contributed by atoms with Crippen molar-refractivity contribution in [1.82, 2.24) is 25.9 Å². The molecular formula is C39H63N5O5. The molecule has 2 fully saturated rings. The number of carbonyl (C=O) groups is 4. The number of benzene rings is 1. The molecule has 1 aromatic carbocycles. The molecule has 3 rings (SSSR count). The summed E-state index contributed by atoms with van der Waals surface area (Å²) in [6.07, 6.45) is 8.04. The van der Waals surface area contributed by atoms with Gasteiger partial charge in [0.15, 0.2) is 0 Å². The van der Waals surface area contributed by atoms with Gasteiger partial charge in [-0.25, -0.2) is 0 Å². The molecule has 49 heavy (non-hydrogen) atoms. The van der Waals surface area contributed by atoms with Gasteiger partial charge in [0.05, 0.1) is 5.92 Å². The van der Waals surface area contributed by atoms with Crippen molar-refractivity contribution in [3.05, 3.63) is 48.0 Å². The van der Waals surface area contributed by atoms with Gasteiger partial charge in [-0.05, 0) is 96.5 Å².